The van der Waals surface area contributed by atoms with E-state index in [1.54, 1.807) is 51.1 Å². The van der Waals surface area contributed by atoms with E-state index in [0.717, 1.165) is 5.56 Å². The zero-order chi connectivity index (χ0) is 31.1. The fourth-order valence-corrected chi connectivity index (χ4v) is 10.7. The molecule has 2 rings (SSSR count). The Morgan fingerprint density at radius 2 is 1.63 bits per heavy atom. The van der Waals surface area contributed by atoms with Crippen molar-refractivity contribution in [2.24, 2.45) is 0 Å². The number of anilines is 1. The van der Waals surface area contributed by atoms with Crippen LogP contribution < -0.4 is 15.1 Å². The van der Waals surface area contributed by atoms with Gasteiger partial charge in [0, 0.05) is 17.8 Å². The number of nitriles is 2. The Balaban J connectivity index is 2.47. The summed E-state index contributed by atoms with van der Waals surface area (Å²) in [6.45, 7) is 20.2. The predicted molar refractivity (Wildman–Crippen MR) is 164 cm³/mol. The maximum absolute atomic E-state index is 16.2. The second-order valence-corrected chi connectivity index (χ2v) is 17.7. The van der Waals surface area contributed by atoms with Crippen LogP contribution in [0.15, 0.2) is 30.3 Å². The number of nitrogens with zero attached hydrogens (tertiary/aromatic N) is 2. The van der Waals surface area contributed by atoms with Gasteiger partial charge in [0.1, 0.15) is 17.4 Å². The zero-order valence-corrected chi connectivity index (χ0v) is 27.1. The molecule has 1 amide bonds. The molecule has 0 aromatic heterocycles. The van der Waals surface area contributed by atoms with Crippen molar-refractivity contribution in [3.63, 3.8) is 0 Å². The van der Waals surface area contributed by atoms with Gasteiger partial charge >= 0.3 is 6.09 Å². The number of alkyl carbamates (subject to hydrolysis) is 1. The third-order valence-electron chi connectivity index (χ3n) is 7.33. The topological polar surface area (TPSA) is 107 Å². The third kappa shape index (κ3) is 8.24. The van der Waals surface area contributed by atoms with Gasteiger partial charge in [0.25, 0.3) is 8.32 Å². The van der Waals surface area contributed by atoms with Crippen LogP contribution in [-0.2, 0) is 17.7 Å². The van der Waals surface area contributed by atoms with Gasteiger partial charge in [-0.3, -0.25) is 0 Å². The lowest BCUT2D eigenvalue weighted by Gasteiger charge is -2.42. The standard InChI is InChI=1S/C32H45FN4O3Si/c1-11-23-14-27(30(33)29(15-23)40-41(20(2)3,21(4)5)22(6)7)28(18-35)37-26-13-12-24(17-34)25(16-26)19-36-31(38)39-32(8,9)10/h12-16,20-22,28,37H,11,19H2,1-10H3,(H,36,38). The van der Waals surface area contributed by atoms with Gasteiger partial charge in [-0.15, -0.1) is 0 Å². The molecular weight excluding hydrogens is 535 g/mol. The van der Waals surface area contributed by atoms with E-state index in [1.165, 1.54) is 0 Å². The smallest absolute Gasteiger partial charge is 0.407 e. The molecule has 0 aliphatic carbocycles. The number of hydrogen-bond donors (Lipinski definition) is 2. The molecule has 2 N–H and O–H groups in total. The first-order chi connectivity index (χ1) is 19.1. The molecule has 0 fully saturated rings. The van der Waals surface area contributed by atoms with Crippen LogP contribution >= 0.6 is 0 Å². The van der Waals surface area contributed by atoms with Crippen molar-refractivity contribution in [2.75, 3.05) is 5.32 Å². The molecule has 2 aromatic rings. The lowest BCUT2D eigenvalue weighted by Crippen LogP contribution is -2.51. The van der Waals surface area contributed by atoms with Gasteiger partial charge in [0.05, 0.1) is 17.7 Å². The molecule has 2 aromatic carbocycles. The highest BCUT2D eigenvalue weighted by atomic mass is 28.4. The second kappa shape index (κ2) is 13.9. The Hall–Kier alpha value is -3.56. The van der Waals surface area contributed by atoms with Crippen molar-refractivity contribution in [3.05, 3.63) is 58.4 Å². The molecule has 0 aliphatic heterocycles. The number of amides is 1. The van der Waals surface area contributed by atoms with Gasteiger partial charge in [-0.1, -0.05) is 48.5 Å². The van der Waals surface area contributed by atoms with Gasteiger partial charge in [-0.2, -0.15) is 10.5 Å². The molecule has 0 saturated carbocycles. The maximum atomic E-state index is 16.2. The van der Waals surface area contributed by atoms with E-state index in [4.69, 9.17) is 9.16 Å². The molecule has 41 heavy (non-hydrogen) atoms. The van der Waals surface area contributed by atoms with Crippen LogP contribution in [0.25, 0.3) is 0 Å². The fourth-order valence-electron chi connectivity index (χ4n) is 5.48. The van der Waals surface area contributed by atoms with E-state index >= 15 is 4.39 Å². The number of ether oxygens (including phenoxy) is 1. The van der Waals surface area contributed by atoms with Crippen LogP contribution in [0.1, 0.15) is 97.5 Å². The Morgan fingerprint density at radius 1 is 1.02 bits per heavy atom. The first-order valence-electron chi connectivity index (χ1n) is 14.3. The van der Waals surface area contributed by atoms with Crippen LogP contribution in [0, 0.1) is 28.5 Å². The minimum Gasteiger partial charge on any atom is -0.541 e. The van der Waals surface area contributed by atoms with E-state index < -0.39 is 31.9 Å². The highest BCUT2D eigenvalue weighted by molar-refractivity contribution is 6.78. The lowest BCUT2D eigenvalue weighted by atomic mass is 10.0. The number of aryl methyl sites for hydroxylation is 1. The van der Waals surface area contributed by atoms with Crippen LogP contribution in [0.2, 0.25) is 16.6 Å². The molecule has 222 valence electrons. The Bertz CT molecular complexity index is 1280. The molecule has 1 atom stereocenters. The summed E-state index contributed by atoms with van der Waals surface area (Å²) in [5, 5.41) is 25.5. The van der Waals surface area contributed by atoms with Crippen molar-refractivity contribution >= 4 is 20.1 Å². The number of carbonyl (C=O) groups excluding carboxylic acids is 1. The average molecular weight is 581 g/mol. The molecule has 1 unspecified atom stereocenters. The summed E-state index contributed by atoms with van der Waals surface area (Å²) in [7, 11) is -2.45. The minimum atomic E-state index is -2.45. The summed E-state index contributed by atoms with van der Waals surface area (Å²) < 4.78 is 28.2. The molecule has 0 spiro atoms. The van der Waals surface area contributed by atoms with Crippen molar-refractivity contribution in [1.82, 2.24) is 5.32 Å². The Morgan fingerprint density at radius 3 is 2.12 bits per heavy atom. The van der Waals surface area contributed by atoms with E-state index in [-0.39, 0.29) is 34.5 Å². The summed E-state index contributed by atoms with van der Waals surface area (Å²) in [6, 6.07) is 11.7. The predicted octanol–water partition coefficient (Wildman–Crippen LogP) is 8.52. The van der Waals surface area contributed by atoms with E-state index in [2.05, 4.69) is 64.3 Å². The SMILES string of the molecule is CCc1cc(O[Si](C(C)C)(C(C)C)C(C)C)c(F)c(C(C#N)Nc2ccc(C#N)c(CNC(=O)OC(C)(C)C)c2)c1. The normalized spacial score (nSPS) is 12.6. The van der Waals surface area contributed by atoms with Crippen LogP contribution in [-0.4, -0.2) is 20.0 Å². The minimum absolute atomic E-state index is 0.0501. The van der Waals surface area contributed by atoms with Crippen molar-refractivity contribution in [3.8, 4) is 17.9 Å². The number of nitrogens with one attached hydrogen (secondary N) is 2. The molecule has 9 heteroatoms. The zero-order valence-electron chi connectivity index (χ0n) is 26.1. The van der Waals surface area contributed by atoms with Gasteiger partial charge in [0.15, 0.2) is 5.82 Å². The monoisotopic (exact) mass is 580 g/mol. The summed E-state index contributed by atoms with van der Waals surface area (Å²) >= 11 is 0. The van der Waals surface area contributed by atoms with Crippen LogP contribution in [0.5, 0.6) is 5.75 Å². The van der Waals surface area contributed by atoms with Crippen molar-refractivity contribution in [1.29, 1.82) is 10.5 Å². The Labute approximate surface area is 246 Å². The summed E-state index contributed by atoms with van der Waals surface area (Å²) in [5.41, 5.74) is 2.60. The molecule has 0 aliphatic rings. The van der Waals surface area contributed by atoms with Gasteiger partial charge in [0.2, 0.25) is 0 Å². The molecule has 0 saturated heterocycles. The van der Waals surface area contributed by atoms with Gasteiger partial charge in [-0.05, 0) is 85.3 Å². The lowest BCUT2D eigenvalue weighted by molar-refractivity contribution is 0.0523. The van der Waals surface area contributed by atoms with Gasteiger partial charge in [-0.25, -0.2) is 9.18 Å². The average Bonchev–Trinajstić information content (AvgIpc) is 2.88. The number of halogens is 1. The number of carbonyl (C=O) groups is 1. The van der Waals surface area contributed by atoms with Gasteiger partial charge < -0.3 is 19.8 Å². The third-order valence-corrected chi connectivity index (χ3v) is 13.3. The number of rotatable bonds is 11. The van der Waals surface area contributed by atoms with Crippen LogP contribution in [0.3, 0.4) is 0 Å². The summed E-state index contributed by atoms with van der Waals surface area (Å²) in [5.74, 6) is -0.341. The molecule has 0 heterocycles. The summed E-state index contributed by atoms with van der Waals surface area (Å²) in [6.07, 6.45) is 0.0445. The highest BCUT2D eigenvalue weighted by Crippen LogP contribution is 2.44. The van der Waals surface area contributed by atoms with Crippen LogP contribution in [0.4, 0.5) is 14.9 Å². The van der Waals surface area contributed by atoms with E-state index in [0.29, 0.717) is 23.2 Å². The summed E-state index contributed by atoms with van der Waals surface area (Å²) in [4.78, 5) is 12.2. The fraction of sp³-hybridized carbons (Fsp3) is 0.531. The second-order valence-electron chi connectivity index (χ2n) is 12.3. The first kappa shape index (κ1) is 33.6. The largest absolute Gasteiger partial charge is 0.541 e. The molecule has 0 bridgehead atoms. The highest BCUT2D eigenvalue weighted by Gasteiger charge is 2.47. The maximum Gasteiger partial charge on any atom is 0.407 e. The van der Waals surface area contributed by atoms with Crippen molar-refractivity contribution < 1.29 is 18.3 Å². The molecule has 0 radical (unpaired) electrons. The van der Waals surface area contributed by atoms with E-state index in [9.17, 15) is 15.3 Å². The number of benzene rings is 2. The first-order valence-corrected chi connectivity index (χ1v) is 16.4. The number of hydrogen-bond acceptors (Lipinski definition) is 6. The van der Waals surface area contributed by atoms with Crippen molar-refractivity contribution in [2.45, 2.75) is 110 Å². The molecular formula is C32H45FN4O3Si. The molecule has 7 nitrogen and oxygen atoms in total. The Kier molecular flexibility index (Phi) is 11.4. The quantitative estimate of drug-likeness (QED) is 0.258. The van der Waals surface area contributed by atoms with E-state index in [1.807, 2.05) is 6.92 Å².